The van der Waals surface area contributed by atoms with Crippen LogP contribution in [0.3, 0.4) is 0 Å². The number of hydrogen-bond acceptors (Lipinski definition) is 4. The first kappa shape index (κ1) is 23.3. The smallest absolute Gasteiger partial charge is 0.261 e. The Labute approximate surface area is 179 Å². The van der Waals surface area contributed by atoms with Gasteiger partial charge in [-0.3, -0.25) is 9.59 Å². The molecule has 0 aliphatic carbocycles. The molecule has 0 aromatic heterocycles. The molecule has 1 N–H and O–H groups in total. The van der Waals surface area contributed by atoms with Gasteiger partial charge >= 0.3 is 0 Å². The van der Waals surface area contributed by atoms with E-state index >= 15 is 0 Å². The minimum absolute atomic E-state index is 0.153. The Kier molecular flexibility index (Phi) is 7.86. The summed E-state index contributed by atoms with van der Waals surface area (Å²) in [6.45, 7) is 9.56. The third-order valence-corrected chi connectivity index (χ3v) is 4.54. The fourth-order valence-corrected chi connectivity index (χ4v) is 2.89. The van der Waals surface area contributed by atoms with Crippen LogP contribution in [0.1, 0.15) is 38.8 Å². The monoisotopic (exact) mass is 412 g/mol. The second kappa shape index (κ2) is 10.1. The molecule has 0 bridgehead atoms. The maximum absolute atomic E-state index is 13.0. The number of ether oxygens (including phenoxy) is 2. The van der Waals surface area contributed by atoms with Crippen LogP contribution >= 0.6 is 0 Å². The molecule has 0 aliphatic heterocycles. The molecular weight excluding hydrogens is 380 g/mol. The number of rotatable bonds is 8. The third-order valence-electron chi connectivity index (χ3n) is 4.54. The zero-order chi connectivity index (χ0) is 22.3. The molecule has 0 heterocycles. The van der Waals surface area contributed by atoms with E-state index in [0.717, 1.165) is 11.1 Å². The Bertz CT molecular complexity index is 856. The van der Waals surface area contributed by atoms with Gasteiger partial charge in [0.15, 0.2) is 6.61 Å². The minimum atomic E-state index is -0.662. The van der Waals surface area contributed by atoms with Crippen molar-refractivity contribution in [3.8, 4) is 11.5 Å². The number of carbonyl (C=O) groups excluding carboxylic acids is 2. The molecular formula is C24H32N2O4. The van der Waals surface area contributed by atoms with Crippen molar-refractivity contribution >= 4 is 11.8 Å². The van der Waals surface area contributed by atoms with Crippen molar-refractivity contribution in [2.24, 2.45) is 0 Å². The fraction of sp³-hybridized carbons (Fsp3) is 0.417. The second-order valence-electron chi connectivity index (χ2n) is 8.39. The molecule has 2 amide bonds. The summed E-state index contributed by atoms with van der Waals surface area (Å²) >= 11 is 0. The first-order valence-electron chi connectivity index (χ1n) is 10.0. The van der Waals surface area contributed by atoms with Crippen LogP contribution in [-0.2, 0) is 16.1 Å². The minimum Gasteiger partial charge on any atom is -0.497 e. The van der Waals surface area contributed by atoms with Crippen LogP contribution in [-0.4, -0.2) is 42.0 Å². The SMILES string of the molecule is COc1cccc(CN(C(=O)COc2ccc(C)cc2)C(C)C(=O)NC(C)(C)C)c1. The van der Waals surface area contributed by atoms with Crippen LogP contribution < -0.4 is 14.8 Å². The highest BCUT2D eigenvalue weighted by Gasteiger charge is 2.28. The lowest BCUT2D eigenvalue weighted by Crippen LogP contribution is -2.53. The lowest BCUT2D eigenvalue weighted by Gasteiger charge is -2.31. The third kappa shape index (κ3) is 7.10. The first-order valence-corrected chi connectivity index (χ1v) is 10.0. The van der Waals surface area contributed by atoms with Crippen molar-refractivity contribution in [1.82, 2.24) is 10.2 Å². The van der Waals surface area contributed by atoms with Gasteiger partial charge in [0.1, 0.15) is 17.5 Å². The maximum Gasteiger partial charge on any atom is 0.261 e. The molecule has 2 aromatic rings. The predicted molar refractivity (Wildman–Crippen MR) is 118 cm³/mol. The number of amides is 2. The lowest BCUT2D eigenvalue weighted by molar-refractivity contribution is -0.142. The lowest BCUT2D eigenvalue weighted by atomic mass is 10.1. The van der Waals surface area contributed by atoms with Crippen LogP contribution in [0.25, 0.3) is 0 Å². The average molecular weight is 413 g/mol. The van der Waals surface area contributed by atoms with E-state index in [4.69, 9.17) is 9.47 Å². The van der Waals surface area contributed by atoms with Gasteiger partial charge in [0.2, 0.25) is 5.91 Å². The normalized spacial score (nSPS) is 12.1. The zero-order valence-corrected chi connectivity index (χ0v) is 18.7. The quantitative estimate of drug-likeness (QED) is 0.718. The maximum atomic E-state index is 13.0. The average Bonchev–Trinajstić information content (AvgIpc) is 2.69. The summed E-state index contributed by atoms with van der Waals surface area (Å²) in [6.07, 6.45) is 0. The summed E-state index contributed by atoms with van der Waals surface area (Å²) < 4.78 is 10.9. The van der Waals surface area contributed by atoms with Crippen molar-refractivity contribution in [1.29, 1.82) is 0 Å². The molecule has 0 saturated heterocycles. The Balaban J connectivity index is 2.18. The standard InChI is InChI=1S/C24H32N2O4/c1-17-10-12-20(13-11-17)30-16-22(27)26(18(2)23(28)25-24(3,4)5)15-19-8-7-9-21(14-19)29-6/h7-14,18H,15-16H2,1-6H3,(H,25,28). The van der Waals surface area contributed by atoms with E-state index in [2.05, 4.69) is 5.32 Å². The summed E-state index contributed by atoms with van der Waals surface area (Å²) in [5, 5.41) is 2.94. The molecule has 2 aromatic carbocycles. The van der Waals surface area contributed by atoms with Crippen molar-refractivity contribution in [2.75, 3.05) is 13.7 Å². The number of nitrogens with one attached hydrogen (secondary N) is 1. The van der Waals surface area contributed by atoms with Crippen molar-refractivity contribution < 1.29 is 19.1 Å². The van der Waals surface area contributed by atoms with Crippen LogP contribution in [0.5, 0.6) is 11.5 Å². The number of nitrogens with zero attached hydrogens (tertiary/aromatic N) is 1. The molecule has 30 heavy (non-hydrogen) atoms. The summed E-state index contributed by atoms with van der Waals surface area (Å²) in [5.74, 6) is 0.828. The molecule has 1 unspecified atom stereocenters. The van der Waals surface area contributed by atoms with Gasteiger partial charge in [-0.05, 0) is 64.4 Å². The van der Waals surface area contributed by atoms with Gasteiger partial charge in [-0.1, -0.05) is 29.8 Å². The molecule has 6 heteroatoms. The van der Waals surface area contributed by atoms with Gasteiger partial charge < -0.3 is 19.7 Å². The highest BCUT2D eigenvalue weighted by molar-refractivity contribution is 5.88. The van der Waals surface area contributed by atoms with E-state index in [0.29, 0.717) is 11.5 Å². The Morgan fingerprint density at radius 2 is 1.73 bits per heavy atom. The topological polar surface area (TPSA) is 67.9 Å². The Morgan fingerprint density at radius 3 is 2.33 bits per heavy atom. The van der Waals surface area contributed by atoms with Gasteiger partial charge in [-0.2, -0.15) is 0 Å². The van der Waals surface area contributed by atoms with E-state index in [9.17, 15) is 9.59 Å². The van der Waals surface area contributed by atoms with Crippen LogP contribution in [0.4, 0.5) is 0 Å². The first-order chi connectivity index (χ1) is 14.1. The van der Waals surface area contributed by atoms with Crippen molar-refractivity contribution in [2.45, 2.75) is 52.7 Å². The molecule has 0 aliphatic rings. The van der Waals surface area contributed by atoms with Gasteiger partial charge in [-0.25, -0.2) is 0 Å². The number of aryl methyl sites for hydroxylation is 1. The Hall–Kier alpha value is -3.02. The zero-order valence-electron chi connectivity index (χ0n) is 18.7. The summed E-state index contributed by atoms with van der Waals surface area (Å²) in [7, 11) is 1.59. The largest absolute Gasteiger partial charge is 0.497 e. The van der Waals surface area contributed by atoms with Gasteiger partial charge in [0.25, 0.3) is 5.91 Å². The molecule has 0 saturated carbocycles. The predicted octanol–water partition coefficient (Wildman–Crippen LogP) is 3.71. The number of methoxy groups -OCH3 is 1. The van der Waals surface area contributed by atoms with E-state index in [-0.39, 0.29) is 25.0 Å². The summed E-state index contributed by atoms with van der Waals surface area (Å²) in [4.78, 5) is 27.3. The number of hydrogen-bond donors (Lipinski definition) is 1. The van der Waals surface area contributed by atoms with Crippen LogP contribution in [0, 0.1) is 6.92 Å². The molecule has 162 valence electrons. The summed E-state index contributed by atoms with van der Waals surface area (Å²) in [5.41, 5.74) is 1.59. The summed E-state index contributed by atoms with van der Waals surface area (Å²) in [6, 6.07) is 14.3. The highest BCUT2D eigenvalue weighted by Crippen LogP contribution is 2.17. The van der Waals surface area contributed by atoms with Crippen molar-refractivity contribution in [3.63, 3.8) is 0 Å². The fourth-order valence-electron chi connectivity index (χ4n) is 2.89. The van der Waals surface area contributed by atoms with Gasteiger partial charge in [0, 0.05) is 12.1 Å². The van der Waals surface area contributed by atoms with Gasteiger partial charge in [-0.15, -0.1) is 0 Å². The molecule has 6 nitrogen and oxygen atoms in total. The van der Waals surface area contributed by atoms with Crippen LogP contribution in [0.2, 0.25) is 0 Å². The highest BCUT2D eigenvalue weighted by atomic mass is 16.5. The van der Waals surface area contributed by atoms with E-state index in [1.165, 1.54) is 4.90 Å². The Morgan fingerprint density at radius 1 is 1.07 bits per heavy atom. The number of carbonyl (C=O) groups is 2. The van der Waals surface area contributed by atoms with Crippen molar-refractivity contribution in [3.05, 3.63) is 59.7 Å². The van der Waals surface area contributed by atoms with Crippen LogP contribution in [0.15, 0.2) is 48.5 Å². The number of benzene rings is 2. The molecule has 2 rings (SSSR count). The second-order valence-corrected chi connectivity index (χ2v) is 8.39. The molecule has 0 fully saturated rings. The molecule has 0 radical (unpaired) electrons. The molecule has 1 atom stereocenters. The van der Waals surface area contributed by atoms with E-state index < -0.39 is 11.6 Å². The molecule has 0 spiro atoms. The van der Waals surface area contributed by atoms with Gasteiger partial charge in [0.05, 0.1) is 7.11 Å². The van der Waals surface area contributed by atoms with E-state index in [1.54, 1.807) is 14.0 Å². The van der Waals surface area contributed by atoms with E-state index in [1.807, 2.05) is 76.2 Å².